The maximum absolute atomic E-state index is 10.2. The van der Waals surface area contributed by atoms with Crippen LogP contribution in [0.3, 0.4) is 0 Å². The van der Waals surface area contributed by atoms with E-state index in [0.29, 0.717) is 0 Å². The molecule has 0 bridgehead atoms. The second-order valence-electron chi connectivity index (χ2n) is 0.750. The highest BCUT2D eigenvalue weighted by Crippen LogP contribution is 1.74. The summed E-state index contributed by atoms with van der Waals surface area (Å²) < 4.78 is 34.1. The van der Waals surface area contributed by atoms with Crippen molar-refractivity contribution >= 4 is 16.6 Å². The molecule has 9 heavy (non-hydrogen) atoms. The zero-order valence-corrected chi connectivity index (χ0v) is 4.80. The molecule has 0 saturated heterocycles. The predicted molar refractivity (Wildman–Crippen MR) is 24.9 cm³/mol. The molecule has 0 aliphatic heterocycles. The lowest BCUT2D eigenvalue weighted by atomic mass is 11.3. The van der Waals surface area contributed by atoms with Gasteiger partial charge in [0, 0.05) is 0 Å². The molecule has 0 spiro atoms. The Morgan fingerprint density at radius 1 is 1.56 bits per heavy atom. The van der Waals surface area contributed by atoms with Crippen LogP contribution >= 0.6 is 0 Å². The van der Waals surface area contributed by atoms with Crippen molar-refractivity contribution in [3.05, 3.63) is 0 Å². The summed E-state index contributed by atoms with van der Waals surface area (Å²) in [6.07, 6.45) is -1.33. The van der Waals surface area contributed by atoms with Gasteiger partial charge < -0.3 is 10.8 Å². The average Bonchev–Trinajstić information content (AvgIpc) is 1.19. The lowest BCUT2D eigenvalue weighted by Gasteiger charge is -1.63. The van der Waals surface area contributed by atoms with Gasteiger partial charge in [-0.1, -0.05) is 3.89 Å². The van der Waals surface area contributed by atoms with Gasteiger partial charge in [0.1, 0.15) is 0 Å². The molecular weight excluding hydrogens is 157 g/mol. The Kier molecular flexibility index (Phi) is 4.92. The van der Waals surface area contributed by atoms with Crippen LogP contribution in [0.1, 0.15) is 0 Å². The van der Waals surface area contributed by atoms with Crippen LogP contribution in [0.25, 0.3) is 0 Å². The molecule has 0 saturated carbocycles. The maximum atomic E-state index is 10.2. The van der Waals surface area contributed by atoms with Crippen LogP contribution in [0.5, 0.6) is 0 Å². The van der Waals surface area contributed by atoms with Crippen LogP contribution in [0.4, 0.5) is 8.68 Å². The lowest BCUT2D eigenvalue weighted by molar-refractivity contribution is 0.205. The number of carboxylic acid groups (broad SMARTS) is 1. The topological polar surface area (TPSA) is 118 Å². The van der Waals surface area contributed by atoms with Crippen molar-refractivity contribution in [2.24, 2.45) is 5.73 Å². The summed E-state index contributed by atoms with van der Waals surface area (Å²) in [6.45, 7) is 0. The van der Waals surface area contributed by atoms with Crippen molar-refractivity contribution in [1.82, 2.24) is 0 Å². The van der Waals surface area contributed by atoms with Gasteiger partial charge in [-0.05, 0) is 0 Å². The van der Waals surface area contributed by atoms with Gasteiger partial charge in [-0.2, -0.15) is 8.42 Å². The van der Waals surface area contributed by atoms with Crippen LogP contribution in [0, 0.1) is 0 Å². The van der Waals surface area contributed by atoms with E-state index in [1.54, 1.807) is 0 Å². The molecule has 0 fully saturated rings. The average molecular weight is 161 g/mol. The van der Waals surface area contributed by atoms with E-state index < -0.39 is 16.6 Å². The lowest BCUT2D eigenvalue weighted by Crippen LogP contribution is -2.03. The van der Waals surface area contributed by atoms with E-state index in [-0.39, 0.29) is 0 Å². The van der Waals surface area contributed by atoms with E-state index in [1.807, 2.05) is 0 Å². The van der Waals surface area contributed by atoms with Crippen LogP contribution in [-0.4, -0.2) is 24.2 Å². The largest absolute Gasteiger partial charge is 0.465 e. The number of primary amides is 1. The summed E-state index contributed by atoms with van der Waals surface area (Å²) in [4.78, 5) is 8.78. The second kappa shape index (κ2) is 4.04. The Morgan fingerprint density at radius 3 is 1.56 bits per heavy atom. The van der Waals surface area contributed by atoms with Crippen LogP contribution < -0.4 is 5.73 Å². The Balaban J connectivity index is 0. The number of hydrogen-bond acceptors (Lipinski definition) is 3. The Hall–Kier alpha value is -0.890. The Morgan fingerprint density at radius 2 is 1.56 bits per heavy atom. The fourth-order valence-electron chi connectivity index (χ4n) is 0. The zero-order chi connectivity index (χ0) is 8.08. The number of halogens is 1. The highest BCUT2D eigenvalue weighted by Gasteiger charge is 1.89. The van der Waals surface area contributed by atoms with E-state index in [4.69, 9.17) is 22.9 Å². The first-order valence-corrected chi connectivity index (χ1v) is 2.73. The molecule has 0 rings (SSSR count). The number of hydrogen-bond donors (Lipinski definition) is 3. The molecule has 0 aliphatic carbocycles. The SMILES string of the molecule is NC(=O)O.O=S(=O)(O)F. The molecule has 56 valence electrons. The van der Waals surface area contributed by atoms with Crippen molar-refractivity contribution in [3.63, 3.8) is 0 Å². The van der Waals surface area contributed by atoms with Gasteiger partial charge in [0.2, 0.25) is 0 Å². The first kappa shape index (κ1) is 11.0. The summed E-state index contributed by atoms with van der Waals surface area (Å²) in [7, 11) is -5.17. The number of nitrogens with two attached hydrogens (primary N) is 1. The summed E-state index contributed by atoms with van der Waals surface area (Å²) in [5, 5.41) is 7.19. The van der Waals surface area contributed by atoms with Gasteiger partial charge >= 0.3 is 16.6 Å². The van der Waals surface area contributed by atoms with Gasteiger partial charge in [0.05, 0.1) is 0 Å². The van der Waals surface area contributed by atoms with E-state index in [2.05, 4.69) is 5.73 Å². The number of carbonyl (C=O) groups is 1. The van der Waals surface area contributed by atoms with Gasteiger partial charge in [-0.3, -0.25) is 4.55 Å². The van der Waals surface area contributed by atoms with E-state index in [1.165, 1.54) is 0 Å². The summed E-state index contributed by atoms with van der Waals surface area (Å²) in [5.74, 6) is 0. The first-order valence-electron chi connectivity index (χ1n) is 1.39. The molecule has 0 aromatic carbocycles. The second-order valence-corrected chi connectivity index (χ2v) is 1.57. The molecule has 0 unspecified atom stereocenters. The van der Waals surface area contributed by atoms with Gasteiger partial charge in [0.15, 0.2) is 0 Å². The van der Waals surface area contributed by atoms with Crippen molar-refractivity contribution in [1.29, 1.82) is 0 Å². The van der Waals surface area contributed by atoms with Crippen LogP contribution in [0.15, 0.2) is 0 Å². The summed E-state index contributed by atoms with van der Waals surface area (Å²) >= 11 is 0. The predicted octanol–water partition coefficient (Wildman–Crippen LogP) is -0.618. The van der Waals surface area contributed by atoms with Gasteiger partial charge in [-0.25, -0.2) is 4.79 Å². The zero-order valence-electron chi connectivity index (χ0n) is 3.98. The fourth-order valence-corrected chi connectivity index (χ4v) is 0. The number of rotatable bonds is 0. The monoisotopic (exact) mass is 161 g/mol. The van der Waals surface area contributed by atoms with Gasteiger partial charge in [-0.15, -0.1) is 0 Å². The third-order valence-electron chi connectivity index (χ3n) is 0. The van der Waals surface area contributed by atoms with E-state index >= 15 is 0 Å². The molecule has 0 atom stereocenters. The molecular formula is CH4FNO5S. The summed E-state index contributed by atoms with van der Waals surface area (Å²) in [5.41, 5.74) is 4.03. The van der Waals surface area contributed by atoms with Crippen LogP contribution in [-0.2, 0) is 10.5 Å². The normalized spacial score (nSPS) is 9.11. The minimum atomic E-state index is -5.17. The highest BCUT2D eigenvalue weighted by atomic mass is 32.3. The van der Waals surface area contributed by atoms with E-state index in [9.17, 15) is 3.89 Å². The summed E-state index contributed by atoms with van der Waals surface area (Å²) in [6, 6.07) is 0. The quantitative estimate of drug-likeness (QED) is 0.323. The van der Waals surface area contributed by atoms with Gasteiger partial charge in [0.25, 0.3) is 0 Å². The van der Waals surface area contributed by atoms with Crippen molar-refractivity contribution in [2.75, 3.05) is 0 Å². The molecule has 0 radical (unpaired) electrons. The standard InChI is InChI=1S/CH3NO2.FHO3S/c2-1(3)4;1-5(2,3)4/h2H2,(H,3,4);(H,2,3,4). The molecule has 0 aliphatic rings. The van der Waals surface area contributed by atoms with Crippen molar-refractivity contribution < 1.29 is 26.8 Å². The Labute approximate surface area is 50.1 Å². The molecule has 0 aromatic heterocycles. The molecule has 0 aromatic rings. The third-order valence-corrected chi connectivity index (χ3v) is 0. The highest BCUT2D eigenvalue weighted by molar-refractivity contribution is 7.80. The molecule has 4 N–H and O–H groups in total. The Bertz CT molecular complexity index is 159. The molecule has 0 heterocycles. The molecule has 6 nitrogen and oxygen atoms in total. The minimum absolute atomic E-state index is 1.33. The van der Waals surface area contributed by atoms with Crippen molar-refractivity contribution in [2.45, 2.75) is 0 Å². The number of amides is 1. The van der Waals surface area contributed by atoms with E-state index in [0.717, 1.165) is 0 Å². The minimum Gasteiger partial charge on any atom is -0.465 e. The smallest absolute Gasteiger partial charge is 0.435 e. The molecule has 8 heteroatoms. The molecule has 1 amide bonds. The fraction of sp³-hybridized carbons (Fsp3) is 0. The van der Waals surface area contributed by atoms with Crippen LogP contribution in [0.2, 0.25) is 0 Å². The third kappa shape index (κ3) is 234. The van der Waals surface area contributed by atoms with Crippen molar-refractivity contribution in [3.8, 4) is 0 Å². The maximum Gasteiger partial charge on any atom is 0.435 e. The first-order chi connectivity index (χ1) is 3.73.